The van der Waals surface area contributed by atoms with Crippen molar-refractivity contribution in [1.29, 1.82) is 0 Å². The summed E-state index contributed by atoms with van der Waals surface area (Å²) in [5.41, 5.74) is 2.38. The molecule has 106 valence electrons. The van der Waals surface area contributed by atoms with Gasteiger partial charge >= 0.3 is 0 Å². The fourth-order valence-electron chi connectivity index (χ4n) is 2.03. The SMILES string of the molecule is CCOCCOc1c(C)cc(Br)cc1CNC1CC1. The minimum absolute atomic E-state index is 0.604. The van der Waals surface area contributed by atoms with Crippen molar-refractivity contribution in [1.82, 2.24) is 5.32 Å². The number of halogens is 1. The molecule has 0 bridgehead atoms. The highest BCUT2D eigenvalue weighted by molar-refractivity contribution is 9.10. The van der Waals surface area contributed by atoms with E-state index in [1.807, 2.05) is 6.92 Å². The molecule has 4 heteroatoms. The first-order chi connectivity index (χ1) is 9.20. The van der Waals surface area contributed by atoms with E-state index in [1.54, 1.807) is 0 Å². The molecule has 1 aromatic rings. The number of rotatable bonds is 8. The first-order valence-electron chi connectivity index (χ1n) is 6.93. The lowest BCUT2D eigenvalue weighted by Crippen LogP contribution is -2.17. The van der Waals surface area contributed by atoms with Crippen LogP contribution in [0, 0.1) is 6.92 Å². The van der Waals surface area contributed by atoms with Gasteiger partial charge in [0.15, 0.2) is 0 Å². The van der Waals surface area contributed by atoms with Crippen LogP contribution in [0.4, 0.5) is 0 Å². The molecule has 19 heavy (non-hydrogen) atoms. The Hall–Kier alpha value is -0.580. The van der Waals surface area contributed by atoms with Gasteiger partial charge in [0.1, 0.15) is 12.4 Å². The van der Waals surface area contributed by atoms with Crippen molar-refractivity contribution in [3.05, 3.63) is 27.7 Å². The Bertz CT molecular complexity index is 419. The van der Waals surface area contributed by atoms with Crippen molar-refractivity contribution < 1.29 is 9.47 Å². The van der Waals surface area contributed by atoms with Crippen LogP contribution in [0.2, 0.25) is 0 Å². The van der Waals surface area contributed by atoms with Gasteiger partial charge in [0, 0.05) is 29.2 Å². The average molecular weight is 328 g/mol. The van der Waals surface area contributed by atoms with Gasteiger partial charge in [-0.25, -0.2) is 0 Å². The van der Waals surface area contributed by atoms with Crippen molar-refractivity contribution >= 4 is 15.9 Å². The van der Waals surface area contributed by atoms with E-state index in [0.29, 0.717) is 19.3 Å². The van der Waals surface area contributed by atoms with Crippen molar-refractivity contribution in [2.75, 3.05) is 19.8 Å². The molecule has 1 N–H and O–H groups in total. The van der Waals surface area contributed by atoms with E-state index in [2.05, 4.69) is 40.3 Å². The Balaban J connectivity index is 1.99. The van der Waals surface area contributed by atoms with Crippen molar-refractivity contribution in [2.45, 2.75) is 39.3 Å². The molecule has 0 amide bonds. The van der Waals surface area contributed by atoms with Crippen LogP contribution in [0.1, 0.15) is 30.9 Å². The second-order valence-corrected chi connectivity index (χ2v) is 5.83. The van der Waals surface area contributed by atoms with Crippen LogP contribution in [0.25, 0.3) is 0 Å². The van der Waals surface area contributed by atoms with Gasteiger partial charge in [-0.1, -0.05) is 15.9 Å². The summed E-state index contributed by atoms with van der Waals surface area (Å²) in [5, 5.41) is 3.54. The molecule has 3 nitrogen and oxygen atoms in total. The molecule has 0 heterocycles. The van der Waals surface area contributed by atoms with Crippen LogP contribution in [-0.4, -0.2) is 25.9 Å². The molecule has 1 fully saturated rings. The van der Waals surface area contributed by atoms with Crippen LogP contribution in [0.3, 0.4) is 0 Å². The summed E-state index contributed by atoms with van der Waals surface area (Å²) in [6.07, 6.45) is 2.60. The highest BCUT2D eigenvalue weighted by atomic mass is 79.9. The first-order valence-corrected chi connectivity index (χ1v) is 7.73. The Kier molecular flexibility index (Phi) is 5.67. The zero-order valence-corrected chi connectivity index (χ0v) is 13.3. The molecular weight excluding hydrogens is 306 g/mol. The summed E-state index contributed by atoms with van der Waals surface area (Å²) in [7, 11) is 0. The van der Waals surface area contributed by atoms with Gasteiger partial charge in [-0.2, -0.15) is 0 Å². The summed E-state index contributed by atoms with van der Waals surface area (Å²) >= 11 is 3.55. The lowest BCUT2D eigenvalue weighted by atomic mass is 10.1. The Morgan fingerprint density at radius 2 is 2.11 bits per heavy atom. The van der Waals surface area contributed by atoms with Crippen molar-refractivity contribution in [3.63, 3.8) is 0 Å². The van der Waals surface area contributed by atoms with Crippen LogP contribution < -0.4 is 10.1 Å². The Morgan fingerprint density at radius 3 is 2.79 bits per heavy atom. The van der Waals surface area contributed by atoms with Crippen LogP contribution in [0.15, 0.2) is 16.6 Å². The van der Waals surface area contributed by atoms with Crippen molar-refractivity contribution in [3.8, 4) is 5.75 Å². The predicted molar refractivity (Wildman–Crippen MR) is 80.7 cm³/mol. The molecule has 0 atom stereocenters. The minimum Gasteiger partial charge on any atom is -0.491 e. The van der Waals surface area contributed by atoms with Gasteiger partial charge in [-0.3, -0.25) is 0 Å². The molecule has 1 aromatic carbocycles. The quantitative estimate of drug-likeness (QED) is 0.742. The average Bonchev–Trinajstić information content (AvgIpc) is 3.18. The summed E-state index contributed by atoms with van der Waals surface area (Å²) in [4.78, 5) is 0. The number of aryl methyl sites for hydroxylation is 1. The maximum Gasteiger partial charge on any atom is 0.126 e. The van der Waals surface area contributed by atoms with Crippen LogP contribution >= 0.6 is 15.9 Å². The zero-order valence-electron chi connectivity index (χ0n) is 11.7. The van der Waals surface area contributed by atoms with Gasteiger partial charge < -0.3 is 14.8 Å². The third kappa shape index (κ3) is 4.79. The normalized spacial score (nSPS) is 14.7. The lowest BCUT2D eigenvalue weighted by molar-refractivity contribution is 0.109. The van der Waals surface area contributed by atoms with E-state index < -0.39 is 0 Å². The number of hydrogen-bond acceptors (Lipinski definition) is 3. The molecule has 0 unspecified atom stereocenters. The largest absolute Gasteiger partial charge is 0.491 e. The molecule has 0 radical (unpaired) electrons. The molecule has 0 saturated heterocycles. The summed E-state index contributed by atoms with van der Waals surface area (Å²) < 4.78 is 12.3. The third-order valence-electron chi connectivity index (χ3n) is 3.15. The van der Waals surface area contributed by atoms with Gasteiger partial charge in [0.25, 0.3) is 0 Å². The van der Waals surface area contributed by atoms with Gasteiger partial charge in [0.2, 0.25) is 0 Å². The lowest BCUT2D eigenvalue weighted by Gasteiger charge is -2.15. The summed E-state index contributed by atoms with van der Waals surface area (Å²) in [5.74, 6) is 0.996. The number of benzene rings is 1. The smallest absolute Gasteiger partial charge is 0.126 e. The fraction of sp³-hybridized carbons (Fsp3) is 0.600. The van der Waals surface area contributed by atoms with Gasteiger partial charge in [-0.15, -0.1) is 0 Å². The molecule has 0 aliphatic heterocycles. The van der Waals surface area contributed by atoms with Crippen LogP contribution in [-0.2, 0) is 11.3 Å². The number of nitrogens with one attached hydrogen (secondary N) is 1. The second kappa shape index (κ2) is 7.27. The van der Waals surface area contributed by atoms with E-state index in [1.165, 1.54) is 24.0 Å². The van der Waals surface area contributed by atoms with E-state index in [9.17, 15) is 0 Å². The molecule has 2 rings (SSSR count). The highest BCUT2D eigenvalue weighted by Gasteiger charge is 2.21. The number of hydrogen-bond donors (Lipinski definition) is 1. The predicted octanol–water partition coefficient (Wildman–Crippen LogP) is 3.42. The van der Waals surface area contributed by atoms with E-state index in [4.69, 9.17) is 9.47 Å². The monoisotopic (exact) mass is 327 g/mol. The molecule has 1 aliphatic rings. The molecule has 1 saturated carbocycles. The van der Waals surface area contributed by atoms with E-state index in [-0.39, 0.29) is 0 Å². The Morgan fingerprint density at radius 1 is 1.32 bits per heavy atom. The Labute approximate surface area is 123 Å². The third-order valence-corrected chi connectivity index (χ3v) is 3.61. The molecule has 0 aromatic heterocycles. The fourth-order valence-corrected chi connectivity index (χ4v) is 2.65. The second-order valence-electron chi connectivity index (χ2n) is 4.91. The summed E-state index contributed by atoms with van der Waals surface area (Å²) in [6.45, 7) is 6.93. The number of ether oxygens (including phenoxy) is 2. The van der Waals surface area contributed by atoms with Gasteiger partial charge in [0.05, 0.1) is 6.61 Å². The maximum atomic E-state index is 5.89. The zero-order chi connectivity index (χ0) is 13.7. The molecule has 0 spiro atoms. The minimum atomic E-state index is 0.604. The molecule has 1 aliphatic carbocycles. The van der Waals surface area contributed by atoms with Crippen LogP contribution in [0.5, 0.6) is 5.75 Å². The maximum absolute atomic E-state index is 5.89. The van der Waals surface area contributed by atoms with E-state index >= 15 is 0 Å². The van der Waals surface area contributed by atoms with Gasteiger partial charge in [-0.05, 0) is 44.4 Å². The van der Waals surface area contributed by atoms with E-state index in [0.717, 1.165) is 23.4 Å². The standard InChI is InChI=1S/C15H22BrNO2/c1-3-18-6-7-19-15-11(2)8-13(16)9-12(15)10-17-14-4-5-14/h8-9,14,17H,3-7,10H2,1-2H3. The van der Waals surface area contributed by atoms with Crippen molar-refractivity contribution in [2.24, 2.45) is 0 Å². The summed E-state index contributed by atoms with van der Waals surface area (Å²) in [6, 6.07) is 4.94. The highest BCUT2D eigenvalue weighted by Crippen LogP contribution is 2.29. The molecular formula is C15H22BrNO2. The first kappa shape index (κ1) is 14.8. The topological polar surface area (TPSA) is 30.5 Å².